The molecule has 0 bridgehead atoms. The predicted octanol–water partition coefficient (Wildman–Crippen LogP) is -5.65. The first-order chi connectivity index (χ1) is 0. The minimum absolute atomic E-state index is 0. The standard InChI is InChI=1S/3B.Li.5H2O/h;;;;5*1H2. The van der Waals surface area contributed by atoms with E-state index >= 15 is 0 Å². The number of rotatable bonds is 0. The van der Waals surface area contributed by atoms with Gasteiger partial charge in [0.25, 0.3) is 0 Å². The Morgan fingerprint density at radius 2 is 0.333 bits per heavy atom. The first kappa shape index (κ1) is 2020. The van der Waals surface area contributed by atoms with Crippen LogP contribution in [0.5, 0.6) is 0 Å². The molecule has 0 unspecified atom stereocenters. The maximum Gasteiger partial charge on any atom is 0 e. The maximum atomic E-state index is 0. The molecule has 0 amide bonds. The average molecular weight is 129 g/mol. The van der Waals surface area contributed by atoms with Gasteiger partial charge in [0.1, 0.15) is 0 Å². The van der Waals surface area contributed by atoms with Crippen molar-refractivity contribution in [3.05, 3.63) is 0 Å². The Morgan fingerprint density at radius 1 is 0.333 bits per heavy atom. The van der Waals surface area contributed by atoms with E-state index in [4.69, 9.17) is 0 Å². The molecule has 0 aliphatic rings. The molecular weight excluding hydrogens is 119 g/mol. The van der Waals surface area contributed by atoms with Gasteiger partial charge >= 0.3 is 0 Å². The molecular formula is H10B3LiO5. The minimum atomic E-state index is 0. The van der Waals surface area contributed by atoms with E-state index in [-0.39, 0.29) is 71.5 Å². The molecule has 10 radical (unpaired) electrons. The largest absolute Gasteiger partial charge is 0.412 e. The van der Waals surface area contributed by atoms with Crippen LogP contribution in [0.25, 0.3) is 0 Å². The minimum Gasteiger partial charge on any atom is -0.412 e. The molecule has 0 fully saturated rings. The second kappa shape index (κ2) is 1410. The Morgan fingerprint density at radius 3 is 0.333 bits per heavy atom. The van der Waals surface area contributed by atoms with Gasteiger partial charge in [0, 0.05) is 44.1 Å². The van der Waals surface area contributed by atoms with Crippen molar-refractivity contribution in [1.82, 2.24) is 0 Å². The third kappa shape index (κ3) is 1060. The van der Waals surface area contributed by atoms with E-state index in [9.17, 15) is 0 Å². The van der Waals surface area contributed by atoms with Crippen molar-refractivity contribution in [1.29, 1.82) is 0 Å². The Balaban J connectivity index is 0. The fourth-order valence-electron chi connectivity index (χ4n) is 0. The summed E-state index contributed by atoms with van der Waals surface area (Å²) in [5.41, 5.74) is 0. The summed E-state index contributed by atoms with van der Waals surface area (Å²) < 4.78 is 0. The van der Waals surface area contributed by atoms with Gasteiger partial charge in [-0.25, -0.2) is 0 Å². The Bertz CT molecular complexity index is 12.2. The molecule has 0 saturated heterocycles. The molecule has 5 nitrogen and oxygen atoms in total. The zero-order valence-electron chi connectivity index (χ0n) is 5.23. The van der Waals surface area contributed by atoms with Crippen LogP contribution in [-0.4, -0.2) is 71.5 Å². The molecule has 9 heteroatoms. The summed E-state index contributed by atoms with van der Waals surface area (Å²) in [6, 6.07) is 0. The van der Waals surface area contributed by atoms with E-state index in [1.807, 2.05) is 0 Å². The molecule has 0 atom stereocenters. The van der Waals surface area contributed by atoms with Crippen molar-refractivity contribution in [2.75, 3.05) is 0 Å². The second-order valence-electron chi connectivity index (χ2n) is 0. The van der Waals surface area contributed by atoms with Gasteiger partial charge in [-0.1, -0.05) is 0 Å². The zero-order chi connectivity index (χ0) is 0. The van der Waals surface area contributed by atoms with Gasteiger partial charge in [0.15, 0.2) is 0 Å². The van der Waals surface area contributed by atoms with Crippen LogP contribution in [0.15, 0.2) is 0 Å². The van der Waals surface area contributed by atoms with Gasteiger partial charge in [-0.15, -0.1) is 0 Å². The van der Waals surface area contributed by atoms with Crippen LogP contribution in [0.2, 0.25) is 0 Å². The van der Waals surface area contributed by atoms with Crippen LogP contribution in [0.1, 0.15) is 0 Å². The van der Waals surface area contributed by atoms with E-state index in [1.165, 1.54) is 0 Å². The fourth-order valence-corrected chi connectivity index (χ4v) is 0. The topological polar surface area (TPSA) is 158 Å². The monoisotopic (exact) mass is 130 g/mol. The van der Waals surface area contributed by atoms with Crippen molar-refractivity contribution < 1.29 is 27.4 Å². The molecule has 0 aromatic rings. The second-order valence-corrected chi connectivity index (χ2v) is 0. The van der Waals surface area contributed by atoms with Crippen molar-refractivity contribution in [3.63, 3.8) is 0 Å². The summed E-state index contributed by atoms with van der Waals surface area (Å²) in [4.78, 5) is 0. The molecule has 0 aliphatic heterocycles. The van der Waals surface area contributed by atoms with Gasteiger partial charge in [-0.2, -0.15) is 0 Å². The van der Waals surface area contributed by atoms with Gasteiger partial charge < -0.3 is 27.4 Å². The molecule has 0 aromatic heterocycles. The quantitative estimate of drug-likeness (QED) is 0.286. The van der Waals surface area contributed by atoms with Crippen LogP contribution < -0.4 is 0 Å². The van der Waals surface area contributed by atoms with Crippen molar-refractivity contribution in [2.45, 2.75) is 0 Å². The third-order valence-electron chi connectivity index (χ3n) is 0. The normalized spacial score (nSPS) is 0. The van der Waals surface area contributed by atoms with Gasteiger partial charge in [-0.3, -0.25) is 0 Å². The summed E-state index contributed by atoms with van der Waals surface area (Å²) in [5.74, 6) is 0. The SMILES string of the molecule is O.O.O.O.O.[B].[B].[B].[Li]. The number of hydrogen-bond donors (Lipinski definition) is 0. The average Bonchev–Trinajstić information content (AvgIpc) is 0. The molecule has 0 saturated carbocycles. The Kier molecular flexibility index (Phi) is 317000. The summed E-state index contributed by atoms with van der Waals surface area (Å²) >= 11 is 0. The fraction of sp³-hybridized carbons (Fsp3) is 0. The smallest absolute Gasteiger partial charge is 0 e. The third-order valence-corrected chi connectivity index (χ3v) is 0. The maximum absolute atomic E-state index is 0. The van der Waals surface area contributed by atoms with E-state index in [0.29, 0.717) is 0 Å². The van der Waals surface area contributed by atoms with E-state index in [2.05, 4.69) is 0 Å². The Hall–Kier alpha value is 0.592. The van der Waals surface area contributed by atoms with Gasteiger partial charge in [-0.05, 0) is 0 Å². The van der Waals surface area contributed by atoms with E-state index in [1.54, 1.807) is 0 Å². The van der Waals surface area contributed by atoms with Gasteiger partial charge in [0.2, 0.25) is 0 Å². The van der Waals surface area contributed by atoms with Crippen molar-refractivity contribution in [3.8, 4) is 0 Å². The molecule has 9 heavy (non-hydrogen) atoms. The number of hydrogen-bond acceptors (Lipinski definition) is 0. The van der Waals surface area contributed by atoms with Crippen LogP contribution in [0.4, 0.5) is 0 Å². The summed E-state index contributed by atoms with van der Waals surface area (Å²) in [6.07, 6.45) is 0. The Labute approximate surface area is 72.0 Å². The van der Waals surface area contributed by atoms with E-state index in [0.717, 1.165) is 0 Å². The van der Waals surface area contributed by atoms with Crippen molar-refractivity contribution in [2.24, 2.45) is 0 Å². The first-order valence-corrected chi connectivity index (χ1v) is 0. The van der Waals surface area contributed by atoms with Gasteiger partial charge in [0.05, 0.1) is 0 Å². The molecule has 0 rings (SSSR count). The molecule has 0 aromatic carbocycles. The van der Waals surface area contributed by atoms with Crippen molar-refractivity contribution >= 4 is 44.1 Å². The molecule has 50 valence electrons. The molecule has 0 aliphatic carbocycles. The molecule has 0 heterocycles. The molecule has 0 spiro atoms. The van der Waals surface area contributed by atoms with E-state index < -0.39 is 0 Å². The predicted molar refractivity (Wildman–Crippen MR) is 41.1 cm³/mol. The zero-order valence-corrected chi connectivity index (χ0v) is 5.23. The first-order valence-electron chi connectivity index (χ1n) is 0. The summed E-state index contributed by atoms with van der Waals surface area (Å²) in [5, 5.41) is 0. The van der Waals surface area contributed by atoms with Crippen LogP contribution in [0, 0.1) is 0 Å². The van der Waals surface area contributed by atoms with Crippen LogP contribution >= 0.6 is 0 Å². The van der Waals surface area contributed by atoms with Crippen LogP contribution in [0.3, 0.4) is 0 Å². The summed E-state index contributed by atoms with van der Waals surface area (Å²) in [7, 11) is 0. The van der Waals surface area contributed by atoms with Crippen LogP contribution in [-0.2, 0) is 0 Å². The summed E-state index contributed by atoms with van der Waals surface area (Å²) in [6.45, 7) is 0. The molecule has 10 N–H and O–H groups in total.